The summed E-state index contributed by atoms with van der Waals surface area (Å²) in [6, 6.07) is 0.378. The van der Waals surface area contributed by atoms with Crippen molar-refractivity contribution in [3.63, 3.8) is 0 Å². The second-order valence-corrected chi connectivity index (χ2v) is 10.1. The van der Waals surface area contributed by atoms with Crippen LogP contribution in [0.5, 0.6) is 0 Å². The molecule has 1 fully saturated rings. The zero-order chi connectivity index (χ0) is 18.2. The largest absolute Gasteiger partial charge is 0.357 e. The minimum Gasteiger partial charge on any atom is -0.357 e. The smallest absolute Gasteiger partial charge is 0.191 e. The Kier molecular flexibility index (Phi) is 11.2. The highest BCUT2D eigenvalue weighted by Crippen LogP contribution is 2.15. The fourth-order valence-corrected chi connectivity index (χ4v) is 3.48. The molecular weight excluding hydrogens is 451 g/mol. The van der Waals surface area contributed by atoms with E-state index in [0.717, 1.165) is 39.0 Å². The van der Waals surface area contributed by atoms with Crippen LogP contribution in [0.25, 0.3) is 0 Å². The van der Waals surface area contributed by atoms with E-state index in [2.05, 4.69) is 27.1 Å². The van der Waals surface area contributed by atoms with Crippen LogP contribution in [0.1, 0.15) is 40.5 Å². The third-order valence-electron chi connectivity index (χ3n) is 4.22. The molecule has 1 rings (SSSR count). The van der Waals surface area contributed by atoms with E-state index >= 15 is 0 Å². The summed E-state index contributed by atoms with van der Waals surface area (Å²) in [4.78, 5) is 6.83. The predicted octanol–water partition coefficient (Wildman–Crippen LogP) is 2.02. The highest BCUT2D eigenvalue weighted by atomic mass is 127. The topological polar surface area (TPSA) is 73.8 Å². The van der Waals surface area contributed by atoms with Crippen molar-refractivity contribution in [1.29, 1.82) is 0 Å². The van der Waals surface area contributed by atoms with Gasteiger partial charge < -0.3 is 10.6 Å². The van der Waals surface area contributed by atoms with Gasteiger partial charge in [0.1, 0.15) is 0 Å². The fourth-order valence-electron chi connectivity index (χ4n) is 2.54. The molecule has 0 aromatic carbocycles. The Morgan fingerprint density at radius 1 is 1.32 bits per heavy atom. The molecule has 1 heterocycles. The third-order valence-corrected chi connectivity index (χ3v) is 6.81. The first-order chi connectivity index (χ1) is 11.2. The molecule has 6 nitrogen and oxygen atoms in total. The standard InChI is InChI=1S/C17H34N4O2S.HI/c1-6-11-21-12-8-15(9-13-21)20-16(18-7-2)19-10-14-24(22,23)17(3,4)5;/h6,15H,1,7-14H2,2-5H3,(H2,18,19,20);1H. The lowest BCUT2D eigenvalue weighted by molar-refractivity contribution is 0.225. The molecule has 0 aromatic heterocycles. The summed E-state index contributed by atoms with van der Waals surface area (Å²) in [6.45, 7) is 15.0. The quantitative estimate of drug-likeness (QED) is 0.249. The van der Waals surface area contributed by atoms with Gasteiger partial charge in [-0.1, -0.05) is 6.08 Å². The number of halogens is 1. The Labute approximate surface area is 170 Å². The molecular formula is C17H35IN4O2S. The number of nitrogens with zero attached hydrogens (tertiary/aromatic N) is 2. The fraction of sp³-hybridized carbons (Fsp3) is 0.824. The van der Waals surface area contributed by atoms with Gasteiger partial charge in [-0.25, -0.2) is 8.42 Å². The van der Waals surface area contributed by atoms with Crippen molar-refractivity contribution >= 4 is 39.8 Å². The molecule has 1 saturated heterocycles. The van der Waals surface area contributed by atoms with Crippen molar-refractivity contribution in [1.82, 2.24) is 15.5 Å². The normalized spacial score (nSPS) is 17.7. The first-order valence-electron chi connectivity index (χ1n) is 8.80. The summed E-state index contributed by atoms with van der Waals surface area (Å²) in [6.07, 6.45) is 4.05. The van der Waals surface area contributed by atoms with Gasteiger partial charge in [-0.2, -0.15) is 0 Å². The maximum absolute atomic E-state index is 12.2. The molecule has 148 valence electrons. The van der Waals surface area contributed by atoms with E-state index in [9.17, 15) is 8.42 Å². The summed E-state index contributed by atoms with van der Waals surface area (Å²) in [7, 11) is -3.13. The number of guanidine groups is 1. The molecule has 0 spiro atoms. The van der Waals surface area contributed by atoms with E-state index in [1.165, 1.54) is 0 Å². The van der Waals surface area contributed by atoms with Crippen molar-refractivity contribution in [2.45, 2.75) is 51.3 Å². The minimum atomic E-state index is -3.13. The Bertz CT molecular complexity index is 521. The van der Waals surface area contributed by atoms with Gasteiger partial charge in [-0.3, -0.25) is 9.89 Å². The van der Waals surface area contributed by atoms with Crippen LogP contribution in [0.3, 0.4) is 0 Å². The van der Waals surface area contributed by atoms with Gasteiger partial charge in [-0.15, -0.1) is 30.6 Å². The number of rotatable bonds is 7. The number of nitrogens with one attached hydrogen (secondary N) is 2. The van der Waals surface area contributed by atoms with Crippen LogP contribution in [0, 0.1) is 0 Å². The molecule has 2 N–H and O–H groups in total. The number of hydrogen-bond acceptors (Lipinski definition) is 4. The van der Waals surface area contributed by atoms with Gasteiger partial charge in [0.25, 0.3) is 0 Å². The molecule has 0 amide bonds. The Balaban J connectivity index is 0.00000576. The van der Waals surface area contributed by atoms with Gasteiger partial charge in [0, 0.05) is 32.2 Å². The molecule has 0 bridgehead atoms. The molecule has 0 unspecified atom stereocenters. The van der Waals surface area contributed by atoms with E-state index in [0.29, 0.717) is 12.0 Å². The van der Waals surface area contributed by atoms with Gasteiger partial charge >= 0.3 is 0 Å². The zero-order valence-corrected chi connectivity index (χ0v) is 19.2. The van der Waals surface area contributed by atoms with Crippen LogP contribution in [-0.2, 0) is 9.84 Å². The molecule has 0 aliphatic carbocycles. The second-order valence-electron chi connectivity index (χ2n) is 7.20. The van der Waals surface area contributed by atoms with E-state index < -0.39 is 14.6 Å². The predicted molar refractivity (Wildman–Crippen MR) is 118 cm³/mol. The van der Waals surface area contributed by atoms with E-state index in [4.69, 9.17) is 0 Å². The van der Waals surface area contributed by atoms with E-state index in [1.54, 1.807) is 20.8 Å². The van der Waals surface area contributed by atoms with Crippen molar-refractivity contribution in [3.8, 4) is 0 Å². The molecule has 8 heteroatoms. The van der Waals surface area contributed by atoms with Crippen molar-refractivity contribution in [2.24, 2.45) is 4.99 Å². The summed E-state index contributed by atoms with van der Waals surface area (Å²) < 4.78 is 23.6. The first kappa shape index (κ1) is 24.7. The van der Waals surface area contributed by atoms with Gasteiger partial charge in [0.15, 0.2) is 15.8 Å². The molecule has 0 saturated carbocycles. The van der Waals surface area contributed by atoms with Gasteiger partial charge in [0.05, 0.1) is 17.0 Å². The molecule has 1 aliphatic rings. The number of piperidine rings is 1. The second kappa shape index (κ2) is 11.4. The van der Waals surface area contributed by atoms with Crippen molar-refractivity contribution < 1.29 is 8.42 Å². The molecule has 0 aromatic rings. The highest BCUT2D eigenvalue weighted by molar-refractivity contribution is 14.0. The van der Waals surface area contributed by atoms with Crippen LogP contribution in [0.2, 0.25) is 0 Å². The third kappa shape index (κ3) is 8.72. The Morgan fingerprint density at radius 3 is 2.40 bits per heavy atom. The Morgan fingerprint density at radius 2 is 1.92 bits per heavy atom. The summed E-state index contributed by atoms with van der Waals surface area (Å²) in [5.74, 6) is 0.786. The van der Waals surface area contributed by atoms with Crippen LogP contribution < -0.4 is 10.6 Å². The number of hydrogen-bond donors (Lipinski definition) is 2. The molecule has 25 heavy (non-hydrogen) atoms. The van der Waals surface area contributed by atoms with Crippen molar-refractivity contribution in [2.75, 3.05) is 38.5 Å². The first-order valence-corrected chi connectivity index (χ1v) is 10.4. The van der Waals surface area contributed by atoms with Crippen LogP contribution >= 0.6 is 24.0 Å². The minimum absolute atomic E-state index is 0. The zero-order valence-electron chi connectivity index (χ0n) is 16.0. The average molecular weight is 486 g/mol. The molecule has 0 radical (unpaired) electrons. The lowest BCUT2D eigenvalue weighted by Gasteiger charge is -2.32. The van der Waals surface area contributed by atoms with Crippen LogP contribution in [0.15, 0.2) is 17.6 Å². The van der Waals surface area contributed by atoms with Crippen LogP contribution in [0.4, 0.5) is 0 Å². The van der Waals surface area contributed by atoms with E-state index in [1.807, 2.05) is 13.0 Å². The lowest BCUT2D eigenvalue weighted by Crippen LogP contribution is -2.48. The number of aliphatic imine (C=N–C) groups is 1. The monoisotopic (exact) mass is 486 g/mol. The maximum atomic E-state index is 12.2. The molecule has 1 aliphatic heterocycles. The highest BCUT2D eigenvalue weighted by Gasteiger charge is 2.28. The Hall–Kier alpha value is -0.350. The van der Waals surface area contributed by atoms with E-state index in [-0.39, 0.29) is 36.3 Å². The maximum Gasteiger partial charge on any atom is 0.191 e. The average Bonchev–Trinajstić information content (AvgIpc) is 2.48. The van der Waals surface area contributed by atoms with Crippen LogP contribution in [-0.4, -0.2) is 68.5 Å². The summed E-state index contributed by atoms with van der Waals surface area (Å²) in [5.41, 5.74) is 0. The lowest BCUT2D eigenvalue weighted by atomic mass is 10.1. The number of likely N-dealkylation sites (tertiary alicyclic amines) is 1. The van der Waals surface area contributed by atoms with Gasteiger partial charge in [0.2, 0.25) is 0 Å². The van der Waals surface area contributed by atoms with Gasteiger partial charge in [-0.05, 0) is 40.5 Å². The summed E-state index contributed by atoms with van der Waals surface area (Å²) >= 11 is 0. The summed E-state index contributed by atoms with van der Waals surface area (Å²) in [5, 5.41) is 6.64. The van der Waals surface area contributed by atoms with Crippen molar-refractivity contribution in [3.05, 3.63) is 12.7 Å². The molecule has 0 atom stereocenters. The SMILES string of the molecule is C=CCN1CCC(NC(=NCCS(=O)(=O)C(C)(C)C)NCC)CC1.I. The number of sulfone groups is 1.